The van der Waals surface area contributed by atoms with Crippen LogP contribution in [0.15, 0.2) is 29.3 Å². The van der Waals surface area contributed by atoms with Gasteiger partial charge in [0.2, 0.25) is 0 Å². The molecule has 2 N–H and O–H groups in total. The molecule has 0 aliphatic carbocycles. The lowest BCUT2D eigenvalue weighted by molar-refractivity contribution is 0.841. The Morgan fingerprint density at radius 1 is 1.33 bits per heavy atom. The van der Waals surface area contributed by atoms with E-state index in [4.69, 9.17) is 5.73 Å². The van der Waals surface area contributed by atoms with Crippen LogP contribution in [-0.2, 0) is 0 Å². The second-order valence-electron chi connectivity index (χ2n) is 3.00. The Morgan fingerprint density at radius 2 is 2.00 bits per heavy atom. The molecule has 0 saturated carbocycles. The molecule has 1 aromatic rings. The zero-order valence-corrected chi connectivity index (χ0v) is 7.49. The van der Waals surface area contributed by atoms with Crippen LogP contribution in [-0.4, -0.2) is 12.3 Å². The predicted molar refractivity (Wildman–Crippen MR) is 53.6 cm³/mol. The first-order valence-corrected chi connectivity index (χ1v) is 4.08. The van der Waals surface area contributed by atoms with Gasteiger partial charge in [-0.25, -0.2) is 0 Å². The largest absolute Gasteiger partial charge is 0.398 e. The minimum atomic E-state index is 0.324. The van der Waals surface area contributed by atoms with Gasteiger partial charge >= 0.3 is 0 Å². The van der Waals surface area contributed by atoms with Crippen molar-refractivity contribution in [1.29, 1.82) is 0 Å². The number of anilines is 1. The van der Waals surface area contributed by atoms with E-state index in [1.807, 2.05) is 44.3 Å². The van der Waals surface area contributed by atoms with Gasteiger partial charge in [0.1, 0.15) is 0 Å². The molecule has 0 heterocycles. The second-order valence-corrected chi connectivity index (χ2v) is 3.00. The smallest absolute Gasteiger partial charge is 0.0443 e. The number of hydrogen-bond acceptors (Lipinski definition) is 2. The Hall–Kier alpha value is -1.31. The Balaban J connectivity index is 2.82. The lowest BCUT2D eigenvalue weighted by Gasteiger charge is -1.99. The predicted octanol–water partition coefficient (Wildman–Crippen LogP) is 2.10. The fraction of sp³-hybridized carbons (Fsp3) is 0.300. The van der Waals surface area contributed by atoms with E-state index in [2.05, 4.69) is 4.99 Å². The van der Waals surface area contributed by atoms with Gasteiger partial charge in [-0.3, -0.25) is 4.99 Å². The minimum absolute atomic E-state index is 0.324. The van der Waals surface area contributed by atoms with Crippen molar-refractivity contribution < 1.29 is 0 Å². The van der Waals surface area contributed by atoms with Gasteiger partial charge in [-0.1, -0.05) is 18.2 Å². The molecule has 0 aliphatic heterocycles. The monoisotopic (exact) mass is 162 g/mol. The van der Waals surface area contributed by atoms with E-state index in [9.17, 15) is 0 Å². The number of aliphatic imine (C=N–C) groups is 1. The Labute approximate surface area is 73.1 Å². The van der Waals surface area contributed by atoms with Crippen molar-refractivity contribution >= 4 is 11.9 Å². The van der Waals surface area contributed by atoms with E-state index in [1.54, 1.807) is 0 Å². The summed E-state index contributed by atoms with van der Waals surface area (Å²) in [5, 5.41) is 0. The van der Waals surface area contributed by atoms with Crippen LogP contribution in [0.5, 0.6) is 0 Å². The maximum absolute atomic E-state index is 5.72. The molecular weight excluding hydrogens is 148 g/mol. The standard InChI is InChI=1S/C10H14N2/c1-8(2)12-7-9-5-3-4-6-10(9)11/h3-8H,11H2,1-2H3. The molecule has 0 amide bonds. The Morgan fingerprint density at radius 3 is 2.58 bits per heavy atom. The maximum atomic E-state index is 5.72. The molecule has 0 atom stereocenters. The molecule has 1 rings (SSSR count). The lowest BCUT2D eigenvalue weighted by atomic mass is 10.2. The topological polar surface area (TPSA) is 38.4 Å². The van der Waals surface area contributed by atoms with Crippen LogP contribution in [0.4, 0.5) is 5.69 Å². The number of nitrogens with zero attached hydrogens (tertiary/aromatic N) is 1. The van der Waals surface area contributed by atoms with Gasteiger partial charge < -0.3 is 5.73 Å². The highest BCUT2D eigenvalue weighted by Crippen LogP contribution is 2.07. The minimum Gasteiger partial charge on any atom is -0.398 e. The highest BCUT2D eigenvalue weighted by molar-refractivity contribution is 5.86. The highest BCUT2D eigenvalue weighted by atomic mass is 14.7. The summed E-state index contributed by atoms with van der Waals surface area (Å²) in [6.07, 6.45) is 1.82. The summed E-state index contributed by atoms with van der Waals surface area (Å²) in [6.45, 7) is 4.07. The first kappa shape index (κ1) is 8.78. The van der Waals surface area contributed by atoms with Gasteiger partial charge in [-0.2, -0.15) is 0 Å². The van der Waals surface area contributed by atoms with E-state index in [0.717, 1.165) is 11.3 Å². The molecule has 2 nitrogen and oxygen atoms in total. The van der Waals surface area contributed by atoms with E-state index in [1.165, 1.54) is 0 Å². The molecule has 0 bridgehead atoms. The zero-order valence-electron chi connectivity index (χ0n) is 7.49. The molecule has 0 aromatic heterocycles. The molecule has 2 heteroatoms. The number of para-hydroxylation sites is 1. The van der Waals surface area contributed by atoms with E-state index in [-0.39, 0.29) is 0 Å². The third-order valence-corrected chi connectivity index (χ3v) is 1.51. The fourth-order valence-corrected chi connectivity index (χ4v) is 0.858. The van der Waals surface area contributed by atoms with Gasteiger partial charge in [0.15, 0.2) is 0 Å². The number of benzene rings is 1. The summed E-state index contributed by atoms with van der Waals surface area (Å²) in [7, 11) is 0. The molecule has 0 radical (unpaired) electrons. The van der Waals surface area contributed by atoms with Crippen molar-refractivity contribution in [2.45, 2.75) is 19.9 Å². The number of nitrogens with two attached hydrogens (primary N) is 1. The molecular formula is C10H14N2. The van der Waals surface area contributed by atoms with Gasteiger partial charge in [0.25, 0.3) is 0 Å². The highest BCUT2D eigenvalue weighted by Gasteiger charge is 1.92. The van der Waals surface area contributed by atoms with Crippen molar-refractivity contribution in [3.63, 3.8) is 0 Å². The van der Waals surface area contributed by atoms with E-state index < -0.39 is 0 Å². The van der Waals surface area contributed by atoms with Crippen LogP contribution in [0.25, 0.3) is 0 Å². The van der Waals surface area contributed by atoms with Gasteiger partial charge in [-0.15, -0.1) is 0 Å². The van der Waals surface area contributed by atoms with Crippen molar-refractivity contribution in [2.24, 2.45) is 4.99 Å². The van der Waals surface area contributed by atoms with Crippen molar-refractivity contribution in [3.05, 3.63) is 29.8 Å². The summed E-state index contributed by atoms with van der Waals surface area (Å²) in [6, 6.07) is 8.04. The summed E-state index contributed by atoms with van der Waals surface area (Å²) in [5.74, 6) is 0. The summed E-state index contributed by atoms with van der Waals surface area (Å²) < 4.78 is 0. The Kier molecular flexibility index (Phi) is 2.86. The zero-order chi connectivity index (χ0) is 8.97. The summed E-state index contributed by atoms with van der Waals surface area (Å²) in [5.41, 5.74) is 7.49. The lowest BCUT2D eigenvalue weighted by Crippen LogP contribution is -1.95. The van der Waals surface area contributed by atoms with Crippen LogP contribution in [0.2, 0.25) is 0 Å². The molecule has 0 spiro atoms. The van der Waals surface area contributed by atoms with Crippen LogP contribution < -0.4 is 5.73 Å². The number of hydrogen-bond donors (Lipinski definition) is 1. The molecule has 0 unspecified atom stereocenters. The van der Waals surface area contributed by atoms with Gasteiger partial charge in [0, 0.05) is 23.5 Å². The second kappa shape index (κ2) is 3.90. The van der Waals surface area contributed by atoms with Crippen LogP contribution >= 0.6 is 0 Å². The van der Waals surface area contributed by atoms with Gasteiger partial charge in [-0.05, 0) is 19.9 Å². The third kappa shape index (κ3) is 2.38. The van der Waals surface area contributed by atoms with Crippen molar-refractivity contribution in [1.82, 2.24) is 0 Å². The van der Waals surface area contributed by atoms with Crippen LogP contribution in [0.3, 0.4) is 0 Å². The molecule has 0 saturated heterocycles. The first-order chi connectivity index (χ1) is 5.70. The fourth-order valence-electron chi connectivity index (χ4n) is 0.858. The van der Waals surface area contributed by atoms with Crippen molar-refractivity contribution in [2.75, 3.05) is 5.73 Å². The average Bonchev–Trinajstić information content (AvgIpc) is 2.03. The third-order valence-electron chi connectivity index (χ3n) is 1.51. The molecule has 1 aromatic carbocycles. The molecule has 0 fully saturated rings. The molecule has 0 aliphatic rings. The van der Waals surface area contributed by atoms with Gasteiger partial charge in [0.05, 0.1) is 0 Å². The SMILES string of the molecule is CC(C)N=Cc1ccccc1N. The summed E-state index contributed by atoms with van der Waals surface area (Å²) in [4.78, 5) is 4.25. The quantitative estimate of drug-likeness (QED) is 0.525. The number of rotatable bonds is 2. The van der Waals surface area contributed by atoms with E-state index in [0.29, 0.717) is 6.04 Å². The normalized spacial score (nSPS) is 11.2. The van der Waals surface area contributed by atoms with E-state index >= 15 is 0 Å². The Bertz CT molecular complexity index is 277. The number of nitrogen functional groups attached to an aromatic ring is 1. The van der Waals surface area contributed by atoms with Crippen LogP contribution in [0.1, 0.15) is 19.4 Å². The van der Waals surface area contributed by atoms with Crippen molar-refractivity contribution in [3.8, 4) is 0 Å². The maximum Gasteiger partial charge on any atom is 0.0443 e. The molecule has 12 heavy (non-hydrogen) atoms. The molecule has 64 valence electrons. The van der Waals surface area contributed by atoms with Crippen LogP contribution in [0, 0.1) is 0 Å². The summed E-state index contributed by atoms with van der Waals surface area (Å²) >= 11 is 0. The average molecular weight is 162 g/mol. The first-order valence-electron chi connectivity index (χ1n) is 4.08.